The zero-order valence-corrected chi connectivity index (χ0v) is 6.51. The Morgan fingerprint density at radius 3 is 2.18 bits per heavy atom. The third-order valence-electron chi connectivity index (χ3n) is 1.15. The molecule has 0 aliphatic carbocycles. The molecule has 11 heavy (non-hydrogen) atoms. The molecule has 0 fully saturated rings. The van der Waals surface area contributed by atoms with Crippen LogP contribution in [0.1, 0.15) is 0 Å². The molecule has 0 rings (SSSR count). The van der Waals surface area contributed by atoms with Crippen LogP contribution in [0.2, 0.25) is 0 Å². The number of hydrogen-bond donors (Lipinski definition) is 2. The van der Waals surface area contributed by atoms with Crippen molar-refractivity contribution in [2.45, 2.75) is 0 Å². The van der Waals surface area contributed by atoms with E-state index in [0.717, 1.165) is 5.57 Å². The minimum absolute atomic E-state index is 0.0360. The third kappa shape index (κ3) is 4.17. The molecule has 0 bridgehead atoms. The van der Waals surface area contributed by atoms with E-state index < -0.39 is 0 Å². The van der Waals surface area contributed by atoms with Gasteiger partial charge < -0.3 is 10.8 Å². The van der Waals surface area contributed by atoms with E-state index in [1.54, 1.807) is 12.2 Å². The first kappa shape index (κ1) is 9.72. The second-order valence-corrected chi connectivity index (χ2v) is 2.17. The summed E-state index contributed by atoms with van der Waals surface area (Å²) in [5.41, 5.74) is 6.53. The van der Waals surface area contributed by atoms with Crippen LogP contribution in [0.3, 0.4) is 0 Å². The molecule has 0 aromatic heterocycles. The molecule has 0 unspecified atom stereocenters. The molecule has 3 N–H and O–H groups in total. The second kappa shape index (κ2) is 4.52. The fraction of sp³-hybridized carbons (Fsp3) is 0.111. The Labute approximate surface area is 67.0 Å². The van der Waals surface area contributed by atoms with Crippen LogP contribution < -0.4 is 5.73 Å². The summed E-state index contributed by atoms with van der Waals surface area (Å²) >= 11 is 0. The predicted molar refractivity (Wildman–Crippen MR) is 48.2 cm³/mol. The van der Waals surface area contributed by atoms with Crippen LogP contribution in [0.25, 0.3) is 0 Å². The zero-order chi connectivity index (χ0) is 8.85. The minimum Gasteiger partial charge on any atom is -0.508 e. The van der Waals surface area contributed by atoms with E-state index in [1.807, 2.05) is 0 Å². The summed E-state index contributed by atoms with van der Waals surface area (Å²) in [6.07, 6.45) is 3.32. The van der Waals surface area contributed by atoms with Gasteiger partial charge in [-0.1, -0.05) is 31.9 Å². The predicted octanol–water partition coefficient (Wildman–Crippen LogP) is 1.69. The topological polar surface area (TPSA) is 46.2 Å². The van der Waals surface area contributed by atoms with Crippen molar-refractivity contribution in [3.8, 4) is 0 Å². The molecule has 0 amide bonds. The monoisotopic (exact) mass is 151 g/mol. The maximum atomic E-state index is 8.80. The molecule has 0 atom stereocenters. The first-order valence-electron chi connectivity index (χ1n) is 3.21. The summed E-state index contributed by atoms with van der Waals surface area (Å²) in [7, 11) is 0. The lowest BCUT2D eigenvalue weighted by Crippen LogP contribution is -1.99. The molecular weight excluding hydrogens is 138 g/mol. The highest BCUT2D eigenvalue weighted by Gasteiger charge is 1.89. The van der Waals surface area contributed by atoms with Gasteiger partial charge in [0, 0.05) is 12.1 Å². The molecule has 60 valence electrons. The highest BCUT2D eigenvalue weighted by Crippen LogP contribution is 2.03. The fourth-order valence-electron chi connectivity index (χ4n) is 0.383. The first-order chi connectivity index (χ1) is 5.07. The van der Waals surface area contributed by atoms with Crippen LogP contribution >= 0.6 is 0 Å². The number of hydrogen-bond acceptors (Lipinski definition) is 2. The Bertz CT molecular complexity index is 214. The quantitative estimate of drug-likeness (QED) is 0.474. The van der Waals surface area contributed by atoms with Crippen LogP contribution in [0.4, 0.5) is 0 Å². The van der Waals surface area contributed by atoms with Crippen molar-refractivity contribution in [2.24, 2.45) is 5.73 Å². The van der Waals surface area contributed by atoms with Gasteiger partial charge in [-0.3, -0.25) is 0 Å². The minimum atomic E-state index is -0.0360. The number of aliphatic hydroxyl groups is 1. The Balaban J connectivity index is 4.04. The van der Waals surface area contributed by atoms with E-state index in [1.165, 1.54) is 0 Å². The number of rotatable bonds is 4. The van der Waals surface area contributed by atoms with Crippen molar-refractivity contribution in [3.05, 3.63) is 48.8 Å². The summed E-state index contributed by atoms with van der Waals surface area (Å²) in [5, 5.41) is 8.80. The van der Waals surface area contributed by atoms with E-state index in [-0.39, 0.29) is 5.76 Å². The SMILES string of the molecule is C=C(/C=C\C(=C)C(=C)O)CN. The fourth-order valence-corrected chi connectivity index (χ4v) is 0.383. The Kier molecular flexibility index (Phi) is 4.00. The van der Waals surface area contributed by atoms with E-state index >= 15 is 0 Å². The van der Waals surface area contributed by atoms with E-state index in [0.29, 0.717) is 12.1 Å². The number of aliphatic hydroxyl groups excluding tert-OH is 1. The van der Waals surface area contributed by atoms with Crippen LogP contribution in [0.5, 0.6) is 0 Å². The molecule has 0 saturated carbocycles. The Morgan fingerprint density at radius 1 is 1.27 bits per heavy atom. The molecule has 0 heterocycles. The van der Waals surface area contributed by atoms with Gasteiger partial charge in [0.1, 0.15) is 5.76 Å². The van der Waals surface area contributed by atoms with Crippen molar-refractivity contribution in [1.29, 1.82) is 0 Å². The summed E-state index contributed by atoms with van der Waals surface area (Å²) < 4.78 is 0. The van der Waals surface area contributed by atoms with Gasteiger partial charge in [-0.25, -0.2) is 0 Å². The lowest BCUT2D eigenvalue weighted by Gasteiger charge is -1.95. The van der Waals surface area contributed by atoms with Crippen LogP contribution in [-0.2, 0) is 0 Å². The van der Waals surface area contributed by atoms with Crippen LogP contribution in [0.15, 0.2) is 48.8 Å². The van der Waals surface area contributed by atoms with Gasteiger partial charge >= 0.3 is 0 Å². The first-order valence-corrected chi connectivity index (χ1v) is 3.21. The summed E-state index contributed by atoms with van der Waals surface area (Å²) in [6, 6.07) is 0. The van der Waals surface area contributed by atoms with Crippen molar-refractivity contribution in [2.75, 3.05) is 6.54 Å². The van der Waals surface area contributed by atoms with Crippen molar-refractivity contribution in [3.63, 3.8) is 0 Å². The van der Waals surface area contributed by atoms with Gasteiger partial charge in [-0.2, -0.15) is 0 Å². The van der Waals surface area contributed by atoms with Crippen molar-refractivity contribution in [1.82, 2.24) is 0 Å². The van der Waals surface area contributed by atoms with Crippen LogP contribution in [0, 0.1) is 0 Å². The normalized spacial score (nSPS) is 9.91. The summed E-state index contributed by atoms with van der Waals surface area (Å²) in [6.45, 7) is 10.9. The maximum Gasteiger partial charge on any atom is 0.115 e. The summed E-state index contributed by atoms with van der Waals surface area (Å²) in [4.78, 5) is 0. The molecule has 0 aliphatic rings. The lowest BCUT2D eigenvalue weighted by atomic mass is 10.2. The highest BCUT2D eigenvalue weighted by molar-refractivity contribution is 5.34. The van der Waals surface area contributed by atoms with Crippen molar-refractivity contribution >= 4 is 0 Å². The molecule has 0 aromatic rings. The third-order valence-corrected chi connectivity index (χ3v) is 1.15. The number of nitrogens with two attached hydrogens (primary N) is 1. The van der Waals surface area contributed by atoms with Gasteiger partial charge in [0.05, 0.1) is 0 Å². The van der Waals surface area contributed by atoms with Crippen LogP contribution in [-0.4, -0.2) is 11.7 Å². The molecular formula is C9H13NO. The maximum absolute atomic E-state index is 8.80. The smallest absolute Gasteiger partial charge is 0.115 e. The lowest BCUT2D eigenvalue weighted by molar-refractivity contribution is 0.429. The number of allylic oxidation sites excluding steroid dienone is 1. The largest absolute Gasteiger partial charge is 0.508 e. The summed E-state index contributed by atoms with van der Waals surface area (Å²) in [5.74, 6) is -0.0360. The standard InChI is InChI=1S/C9H13NO/c1-7(6-10)4-5-8(2)9(3)11/h4-5,11H,1-3,6,10H2/b5-4-. The molecule has 0 saturated heterocycles. The molecule has 2 nitrogen and oxygen atoms in total. The zero-order valence-electron chi connectivity index (χ0n) is 6.51. The van der Waals surface area contributed by atoms with Gasteiger partial charge in [0.2, 0.25) is 0 Å². The van der Waals surface area contributed by atoms with Gasteiger partial charge in [0.15, 0.2) is 0 Å². The van der Waals surface area contributed by atoms with Gasteiger partial charge in [-0.15, -0.1) is 0 Å². The van der Waals surface area contributed by atoms with E-state index in [2.05, 4.69) is 19.7 Å². The molecule has 0 aliphatic heterocycles. The molecule has 0 aromatic carbocycles. The van der Waals surface area contributed by atoms with Gasteiger partial charge in [-0.05, 0) is 5.57 Å². The molecule has 0 spiro atoms. The van der Waals surface area contributed by atoms with E-state index in [4.69, 9.17) is 10.8 Å². The Morgan fingerprint density at radius 2 is 1.82 bits per heavy atom. The van der Waals surface area contributed by atoms with E-state index in [9.17, 15) is 0 Å². The van der Waals surface area contributed by atoms with Crippen molar-refractivity contribution < 1.29 is 5.11 Å². The van der Waals surface area contributed by atoms with Gasteiger partial charge in [0.25, 0.3) is 0 Å². The molecule has 0 radical (unpaired) electrons. The average Bonchev–Trinajstić information content (AvgIpc) is 1.99. The second-order valence-electron chi connectivity index (χ2n) is 2.17. The average molecular weight is 151 g/mol. The molecule has 2 heteroatoms. The Hall–Kier alpha value is -1.28. The highest BCUT2D eigenvalue weighted by atomic mass is 16.3.